The van der Waals surface area contributed by atoms with E-state index in [4.69, 9.17) is 13.9 Å². The van der Waals surface area contributed by atoms with E-state index in [1.54, 1.807) is 17.2 Å². The van der Waals surface area contributed by atoms with Crippen LogP contribution in [0.25, 0.3) is 0 Å². The summed E-state index contributed by atoms with van der Waals surface area (Å²) in [5.74, 6) is 0.647. The molecule has 1 aromatic heterocycles. The van der Waals surface area contributed by atoms with E-state index in [9.17, 15) is 9.59 Å². The number of ether oxygens (including phenoxy) is 2. The Morgan fingerprint density at radius 2 is 2.12 bits per heavy atom. The lowest BCUT2D eigenvalue weighted by molar-refractivity contribution is -0.149. The molecule has 1 aliphatic rings. The van der Waals surface area contributed by atoms with Gasteiger partial charge in [-0.15, -0.1) is 0 Å². The van der Waals surface area contributed by atoms with Crippen LogP contribution in [0.15, 0.2) is 41.0 Å². The van der Waals surface area contributed by atoms with Gasteiger partial charge in [0.1, 0.15) is 24.7 Å². The minimum absolute atomic E-state index is 0.0602. The van der Waals surface area contributed by atoms with E-state index in [1.165, 1.54) is 0 Å². The van der Waals surface area contributed by atoms with Gasteiger partial charge >= 0.3 is 5.97 Å². The zero-order valence-electron chi connectivity index (χ0n) is 15.1. The number of rotatable bonds is 7. The Balaban J connectivity index is 1.42. The third-order valence-corrected chi connectivity index (χ3v) is 4.40. The van der Waals surface area contributed by atoms with Crippen LogP contribution < -0.4 is 4.74 Å². The average Bonchev–Trinajstić information content (AvgIpc) is 3.25. The minimum atomic E-state index is -0.432. The molecular weight excluding hydrogens is 334 g/mol. The van der Waals surface area contributed by atoms with Gasteiger partial charge in [-0.05, 0) is 43.2 Å². The molecule has 0 N–H and O–H groups in total. The first-order chi connectivity index (χ1) is 12.5. The number of amides is 1. The lowest BCUT2D eigenvalue weighted by Crippen LogP contribution is -2.26. The molecule has 1 saturated heterocycles. The first kappa shape index (κ1) is 18.0. The SMILES string of the molecule is Cc1ccc(C)c(OCCOC(=O)[C@@H]2CC(=O)N(Cc3ccco3)C2)c1. The van der Waals surface area contributed by atoms with Crippen molar-refractivity contribution in [3.63, 3.8) is 0 Å². The van der Waals surface area contributed by atoms with Crippen molar-refractivity contribution in [1.29, 1.82) is 0 Å². The van der Waals surface area contributed by atoms with Crippen molar-refractivity contribution < 1.29 is 23.5 Å². The molecule has 2 heterocycles. The predicted octanol–water partition coefficient (Wildman–Crippen LogP) is 2.87. The maximum atomic E-state index is 12.2. The summed E-state index contributed by atoms with van der Waals surface area (Å²) in [7, 11) is 0. The fourth-order valence-corrected chi connectivity index (χ4v) is 2.95. The summed E-state index contributed by atoms with van der Waals surface area (Å²) in [6.45, 7) is 5.15. The smallest absolute Gasteiger partial charge is 0.311 e. The molecule has 1 fully saturated rings. The number of carbonyl (C=O) groups is 2. The van der Waals surface area contributed by atoms with Crippen LogP contribution in [0.3, 0.4) is 0 Å². The van der Waals surface area contributed by atoms with Gasteiger partial charge in [-0.2, -0.15) is 0 Å². The quantitative estimate of drug-likeness (QED) is 0.563. The highest BCUT2D eigenvalue weighted by atomic mass is 16.6. The summed E-state index contributed by atoms with van der Waals surface area (Å²) in [5, 5.41) is 0. The van der Waals surface area contributed by atoms with Crippen LogP contribution in [0.1, 0.15) is 23.3 Å². The molecule has 0 bridgehead atoms. The number of esters is 1. The third kappa shape index (κ3) is 4.45. The molecule has 26 heavy (non-hydrogen) atoms. The predicted molar refractivity (Wildman–Crippen MR) is 94.6 cm³/mol. The Morgan fingerprint density at radius 1 is 1.27 bits per heavy atom. The van der Waals surface area contributed by atoms with Crippen LogP contribution in [0.2, 0.25) is 0 Å². The number of hydrogen-bond acceptors (Lipinski definition) is 5. The average molecular weight is 357 g/mol. The number of hydrogen-bond donors (Lipinski definition) is 0. The number of likely N-dealkylation sites (tertiary alicyclic amines) is 1. The van der Waals surface area contributed by atoms with Gasteiger partial charge in [0.25, 0.3) is 0 Å². The molecule has 6 nitrogen and oxygen atoms in total. The van der Waals surface area contributed by atoms with Crippen molar-refractivity contribution in [3.8, 4) is 5.75 Å². The summed E-state index contributed by atoms with van der Waals surface area (Å²) in [6.07, 6.45) is 1.74. The molecule has 0 radical (unpaired) electrons. The molecular formula is C20H23NO5. The molecule has 3 rings (SSSR count). The van der Waals surface area contributed by atoms with E-state index in [0.717, 1.165) is 16.9 Å². The van der Waals surface area contributed by atoms with E-state index in [2.05, 4.69) is 0 Å². The van der Waals surface area contributed by atoms with Gasteiger partial charge in [0.05, 0.1) is 18.7 Å². The Labute approximate surface area is 152 Å². The second-order valence-electron chi connectivity index (χ2n) is 6.54. The van der Waals surface area contributed by atoms with Crippen molar-refractivity contribution in [3.05, 3.63) is 53.5 Å². The number of furan rings is 1. The Hall–Kier alpha value is -2.76. The highest BCUT2D eigenvalue weighted by molar-refractivity contribution is 5.86. The van der Waals surface area contributed by atoms with Gasteiger partial charge < -0.3 is 18.8 Å². The zero-order valence-corrected chi connectivity index (χ0v) is 15.1. The van der Waals surface area contributed by atoms with Crippen LogP contribution >= 0.6 is 0 Å². The standard InChI is InChI=1S/C20H23NO5/c1-14-5-6-15(2)18(10-14)25-8-9-26-20(23)16-11-19(22)21(12-16)13-17-4-3-7-24-17/h3-7,10,16H,8-9,11-13H2,1-2H3/t16-/m1/s1. The highest BCUT2D eigenvalue weighted by Crippen LogP contribution is 2.22. The van der Waals surface area contributed by atoms with Crippen LogP contribution in [0, 0.1) is 19.8 Å². The molecule has 138 valence electrons. The van der Waals surface area contributed by atoms with Gasteiger partial charge in [-0.3, -0.25) is 9.59 Å². The molecule has 0 unspecified atom stereocenters. The van der Waals surface area contributed by atoms with Gasteiger partial charge in [0.2, 0.25) is 5.91 Å². The number of carbonyl (C=O) groups excluding carboxylic acids is 2. The molecule has 1 atom stereocenters. The van der Waals surface area contributed by atoms with Crippen molar-refractivity contribution in [2.45, 2.75) is 26.8 Å². The van der Waals surface area contributed by atoms with Gasteiger partial charge in [-0.1, -0.05) is 12.1 Å². The van der Waals surface area contributed by atoms with E-state index in [1.807, 2.05) is 38.1 Å². The highest BCUT2D eigenvalue weighted by Gasteiger charge is 2.35. The van der Waals surface area contributed by atoms with Gasteiger partial charge in [-0.25, -0.2) is 0 Å². The maximum Gasteiger partial charge on any atom is 0.311 e. The fourth-order valence-electron chi connectivity index (χ4n) is 2.95. The molecule has 0 aliphatic carbocycles. The van der Waals surface area contributed by atoms with Crippen LogP contribution in [0.5, 0.6) is 5.75 Å². The number of nitrogens with zero attached hydrogens (tertiary/aromatic N) is 1. The van der Waals surface area contributed by atoms with Crippen LogP contribution in [-0.2, 0) is 20.9 Å². The Bertz CT molecular complexity index is 769. The maximum absolute atomic E-state index is 12.2. The van der Waals surface area contributed by atoms with Crippen molar-refractivity contribution in [2.75, 3.05) is 19.8 Å². The van der Waals surface area contributed by atoms with E-state index in [0.29, 0.717) is 18.8 Å². The molecule has 2 aromatic rings. The second kappa shape index (κ2) is 8.08. The Morgan fingerprint density at radius 3 is 2.88 bits per heavy atom. The summed E-state index contributed by atoms with van der Waals surface area (Å²) >= 11 is 0. The molecule has 1 aromatic carbocycles. The fraction of sp³-hybridized carbons (Fsp3) is 0.400. The Kier molecular flexibility index (Phi) is 5.61. The largest absolute Gasteiger partial charge is 0.490 e. The van der Waals surface area contributed by atoms with Crippen molar-refractivity contribution >= 4 is 11.9 Å². The van der Waals surface area contributed by atoms with Crippen LogP contribution in [0.4, 0.5) is 0 Å². The van der Waals surface area contributed by atoms with Gasteiger partial charge in [0.15, 0.2) is 0 Å². The van der Waals surface area contributed by atoms with Gasteiger partial charge in [0, 0.05) is 13.0 Å². The van der Waals surface area contributed by atoms with E-state index < -0.39 is 5.92 Å². The lowest BCUT2D eigenvalue weighted by Gasteiger charge is -2.15. The lowest BCUT2D eigenvalue weighted by atomic mass is 10.1. The third-order valence-electron chi connectivity index (χ3n) is 4.40. The first-order valence-electron chi connectivity index (χ1n) is 8.70. The minimum Gasteiger partial charge on any atom is -0.490 e. The molecule has 1 amide bonds. The van der Waals surface area contributed by atoms with Crippen LogP contribution in [-0.4, -0.2) is 36.5 Å². The molecule has 6 heteroatoms. The monoisotopic (exact) mass is 357 g/mol. The second-order valence-corrected chi connectivity index (χ2v) is 6.54. The normalized spacial score (nSPS) is 16.8. The molecule has 0 spiro atoms. The summed E-state index contributed by atoms with van der Waals surface area (Å²) in [5.41, 5.74) is 2.15. The van der Waals surface area contributed by atoms with Crippen molar-refractivity contribution in [1.82, 2.24) is 4.90 Å². The zero-order chi connectivity index (χ0) is 18.5. The summed E-state index contributed by atoms with van der Waals surface area (Å²) in [4.78, 5) is 25.9. The van der Waals surface area contributed by atoms with E-state index >= 15 is 0 Å². The van der Waals surface area contributed by atoms with Crippen molar-refractivity contribution in [2.24, 2.45) is 5.92 Å². The number of aryl methyl sites for hydroxylation is 2. The summed E-state index contributed by atoms with van der Waals surface area (Å²) in [6, 6.07) is 9.56. The topological polar surface area (TPSA) is 69.0 Å². The van der Waals surface area contributed by atoms with E-state index in [-0.39, 0.29) is 31.5 Å². The molecule has 1 aliphatic heterocycles. The first-order valence-corrected chi connectivity index (χ1v) is 8.70. The summed E-state index contributed by atoms with van der Waals surface area (Å²) < 4.78 is 16.2. The number of benzene rings is 1. The molecule has 0 saturated carbocycles.